The van der Waals surface area contributed by atoms with Gasteiger partial charge in [0.2, 0.25) is 5.91 Å². The minimum Gasteiger partial charge on any atom is -0.469 e. The van der Waals surface area contributed by atoms with Gasteiger partial charge in [0.1, 0.15) is 6.61 Å². The molecule has 0 aromatic carbocycles. The first-order valence-corrected chi connectivity index (χ1v) is 4.94. The molecule has 5 nitrogen and oxygen atoms in total. The van der Waals surface area contributed by atoms with E-state index in [0.717, 1.165) is 0 Å². The molecular formula is C10H17NO4. The van der Waals surface area contributed by atoms with Crippen LogP contribution < -0.4 is 0 Å². The molecule has 5 heteroatoms. The van der Waals surface area contributed by atoms with Crippen LogP contribution in [-0.2, 0) is 19.1 Å². The number of rotatable bonds is 3. The number of esters is 1. The third kappa shape index (κ3) is 2.68. The number of likely N-dealkylation sites (tertiary alicyclic amines) is 1. The largest absolute Gasteiger partial charge is 0.469 e. The van der Waals surface area contributed by atoms with Crippen molar-refractivity contribution < 1.29 is 19.1 Å². The number of methoxy groups -OCH3 is 2. The number of carbonyl (C=O) groups excluding carboxylic acids is 2. The van der Waals surface area contributed by atoms with Gasteiger partial charge in [0, 0.05) is 20.2 Å². The van der Waals surface area contributed by atoms with Crippen molar-refractivity contribution in [2.75, 3.05) is 33.9 Å². The molecule has 1 heterocycles. The highest BCUT2D eigenvalue weighted by Crippen LogP contribution is 2.23. The molecule has 86 valence electrons. The van der Waals surface area contributed by atoms with Gasteiger partial charge in [-0.2, -0.15) is 0 Å². The quantitative estimate of drug-likeness (QED) is 0.617. The van der Waals surface area contributed by atoms with Crippen LogP contribution in [0.4, 0.5) is 0 Å². The number of carbonyl (C=O) groups is 2. The van der Waals surface area contributed by atoms with Gasteiger partial charge in [-0.25, -0.2) is 0 Å². The van der Waals surface area contributed by atoms with E-state index in [1.165, 1.54) is 14.2 Å². The highest BCUT2D eigenvalue weighted by molar-refractivity contribution is 5.80. The maximum atomic E-state index is 11.5. The van der Waals surface area contributed by atoms with Crippen LogP contribution in [0.5, 0.6) is 0 Å². The van der Waals surface area contributed by atoms with Crippen LogP contribution in [0.15, 0.2) is 0 Å². The molecule has 15 heavy (non-hydrogen) atoms. The van der Waals surface area contributed by atoms with Crippen LogP contribution in [-0.4, -0.2) is 50.7 Å². The molecule has 1 aliphatic rings. The Morgan fingerprint density at radius 1 is 1.33 bits per heavy atom. The number of amides is 1. The van der Waals surface area contributed by atoms with E-state index in [1.54, 1.807) is 4.90 Å². The SMILES string of the molecule is COCC(=O)N1CC(C)C(C(=O)OC)C1. The van der Waals surface area contributed by atoms with Crippen LogP contribution in [0.2, 0.25) is 0 Å². The Balaban J connectivity index is 2.55. The summed E-state index contributed by atoms with van der Waals surface area (Å²) in [5.41, 5.74) is 0. The van der Waals surface area contributed by atoms with Crippen molar-refractivity contribution in [3.63, 3.8) is 0 Å². The zero-order valence-electron chi connectivity index (χ0n) is 9.36. The maximum Gasteiger partial charge on any atom is 0.310 e. The van der Waals surface area contributed by atoms with E-state index < -0.39 is 0 Å². The van der Waals surface area contributed by atoms with Crippen molar-refractivity contribution in [3.05, 3.63) is 0 Å². The van der Waals surface area contributed by atoms with Crippen LogP contribution in [0, 0.1) is 11.8 Å². The Kier molecular flexibility index (Phi) is 4.08. The topological polar surface area (TPSA) is 55.8 Å². The normalized spacial score (nSPS) is 25.4. The Bertz CT molecular complexity index is 254. The molecule has 0 radical (unpaired) electrons. The number of nitrogens with zero attached hydrogens (tertiary/aromatic N) is 1. The zero-order valence-corrected chi connectivity index (χ0v) is 9.36. The fourth-order valence-corrected chi connectivity index (χ4v) is 1.84. The maximum absolute atomic E-state index is 11.5. The van der Waals surface area contributed by atoms with Gasteiger partial charge in [-0.1, -0.05) is 6.92 Å². The fraction of sp³-hybridized carbons (Fsp3) is 0.800. The third-order valence-electron chi connectivity index (χ3n) is 2.74. The molecular weight excluding hydrogens is 198 g/mol. The standard InChI is InChI=1S/C10H17NO4/c1-7-4-11(9(12)6-14-2)5-8(7)10(13)15-3/h7-8H,4-6H2,1-3H3. The summed E-state index contributed by atoms with van der Waals surface area (Å²) in [5.74, 6) is -0.361. The van der Waals surface area contributed by atoms with Gasteiger partial charge in [0.15, 0.2) is 0 Å². The van der Waals surface area contributed by atoms with Gasteiger partial charge in [0.05, 0.1) is 13.0 Å². The molecule has 0 bridgehead atoms. The van der Waals surface area contributed by atoms with Crippen LogP contribution in [0.3, 0.4) is 0 Å². The van der Waals surface area contributed by atoms with Crippen molar-refractivity contribution in [2.45, 2.75) is 6.92 Å². The Morgan fingerprint density at radius 3 is 2.53 bits per heavy atom. The second kappa shape index (κ2) is 5.11. The summed E-state index contributed by atoms with van der Waals surface area (Å²) in [7, 11) is 2.85. The summed E-state index contributed by atoms with van der Waals surface area (Å²) >= 11 is 0. The van der Waals surface area contributed by atoms with Crippen LogP contribution in [0.1, 0.15) is 6.92 Å². The van der Waals surface area contributed by atoms with Crippen molar-refractivity contribution in [3.8, 4) is 0 Å². The number of ether oxygens (including phenoxy) is 2. The molecule has 0 aromatic heterocycles. The molecule has 2 unspecified atom stereocenters. The van der Waals surface area contributed by atoms with Gasteiger partial charge >= 0.3 is 5.97 Å². The molecule has 1 fully saturated rings. The van der Waals surface area contributed by atoms with E-state index in [1.807, 2.05) is 6.92 Å². The van der Waals surface area contributed by atoms with Gasteiger partial charge in [-0.05, 0) is 5.92 Å². The molecule has 0 spiro atoms. The Hall–Kier alpha value is -1.10. The van der Waals surface area contributed by atoms with Crippen molar-refractivity contribution >= 4 is 11.9 Å². The van der Waals surface area contributed by atoms with E-state index in [9.17, 15) is 9.59 Å². The summed E-state index contributed by atoms with van der Waals surface area (Å²) in [6.07, 6.45) is 0. The lowest BCUT2D eigenvalue weighted by atomic mass is 9.99. The fourth-order valence-electron chi connectivity index (χ4n) is 1.84. The van der Waals surface area contributed by atoms with E-state index in [2.05, 4.69) is 4.74 Å². The Labute approximate surface area is 89.3 Å². The van der Waals surface area contributed by atoms with Crippen LogP contribution >= 0.6 is 0 Å². The molecule has 1 aliphatic heterocycles. The number of hydrogen-bond acceptors (Lipinski definition) is 4. The van der Waals surface area contributed by atoms with Crippen LogP contribution in [0.25, 0.3) is 0 Å². The second-order valence-electron chi connectivity index (χ2n) is 3.84. The van der Waals surface area contributed by atoms with Gasteiger partial charge in [0.25, 0.3) is 0 Å². The molecule has 2 atom stereocenters. The summed E-state index contributed by atoms with van der Waals surface area (Å²) < 4.78 is 9.45. The van der Waals surface area contributed by atoms with E-state index in [4.69, 9.17) is 4.74 Å². The smallest absolute Gasteiger partial charge is 0.310 e. The third-order valence-corrected chi connectivity index (χ3v) is 2.74. The minimum atomic E-state index is -0.241. The molecule has 1 saturated heterocycles. The minimum absolute atomic E-state index is 0.0701. The molecule has 1 amide bonds. The summed E-state index contributed by atoms with van der Waals surface area (Å²) in [4.78, 5) is 24.5. The first-order chi connectivity index (χ1) is 7.10. The highest BCUT2D eigenvalue weighted by atomic mass is 16.5. The van der Waals surface area contributed by atoms with Crippen molar-refractivity contribution in [2.24, 2.45) is 11.8 Å². The van der Waals surface area contributed by atoms with Gasteiger partial charge in [-0.3, -0.25) is 9.59 Å². The lowest BCUT2D eigenvalue weighted by Gasteiger charge is -2.14. The summed E-state index contributed by atoms with van der Waals surface area (Å²) in [6.45, 7) is 3.06. The second-order valence-corrected chi connectivity index (χ2v) is 3.84. The Morgan fingerprint density at radius 2 is 2.00 bits per heavy atom. The van der Waals surface area contributed by atoms with Gasteiger partial charge < -0.3 is 14.4 Å². The molecule has 1 rings (SSSR count). The van der Waals surface area contributed by atoms with Crippen molar-refractivity contribution in [1.29, 1.82) is 0 Å². The average Bonchev–Trinajstić information content (AvgIpc) is 2.60. The van der Waals surface area contributed by atoms with Gasteiger partial charge in [-0.15, -0.1) is 0 Å². The van der Waals surface area contributed by atoms with E-state index >= 15 is 0 Å². The number of hydrogen-bond donors (Lipinski definition) is 0. The lowest BCUT2D eigenvalue weighted by Crippen LogP contribution is -2.32. The molecule has 0 aromatic rings. The first kappa shape index (κ1) is 12.0. The van der Waals surface area contributed by atoms with E-state index in [0.29, 0.717) is 13.1 Å². The molecule has 0 aliphatic carbocycles. The first-order valence-electron chi connectivity index (χ1n) is 4.94. The summed E-state index contributed by atoms with van der Waals surface area (Å²) in [6, 6.07) is 0. The van der Waals surface area contributed by atoms with E-state index in [-0.39, 0.29) is 30.3 Å². The highest BCUT2D eigenvalue weighted by Gasteiger charge is 2.37. The zero-order chi connectivity index (χ0) is 11.4. The molecule has 0 N–H and O–H groups in total. The lowest BCUT2D eigenvalue weighted by molar-refractivity contribution is -0.146. The summed E-state index contributed by atoms with van der Waals surface area (Å²) in [5, 5.41) is 0. The van der Waals surface area contributed by atoms with Crippen molar-refractivity contribution in [1.82, 2.24) is 4.90 Å². The molecule has 0 saturated carbocycles. The average molecular weight is 215 g/mol. The monoisotopic (exact) mass is 215 g/mol. The predicted molar refractivity (Wildman–Crippen MR) is 53.1 cm³/mol. The predicted octanol–water partition coefficient (Wildman–Crippen LogP) is -0.0997.